The van der Waals surface area contributed by atoms with Gasteiger partial charge in [-0.1, -0.05) is 35.8 Å². The first kappa shape index (κ1) is 12.8. The zero-order chi connectivity index (χ0) is 12.6. The summed E-state index contributed by atoms with van der Waals surface area (Å²) in [5.41, 5.74) is 3.64. The van der Waals surface area contributed by atoms with Gasteiger partial charge in [0.1, 0.15) is 0 Å². The van der Waals surface area contributed by atoms with Crippen LogP contribution >= 0.6 is 15.9 Å². The number of fused-ring (bicyclic) bond motifs is 1. The molecular weight excluding hydrogens is 276 g/mol. The van der Waals surface area contributed by atoms with Crippen molar-refractivity contribution in [3.63, 3.8) is 0 Å². The largest absolute Gasteiger partial charge is 0.294 e. The van der Waals surface area contributed by atoms with Crippen LogP contribution < -0.4 is 0 Å². The van der Waals surface area contributed by atoms with Crippen LogP contribution in [0.15, 0.2) is 16.6 Å². The normalized spacial score (nSPS) is 18.0. The quantitative estimate of drug-likeness (QED) is 0.766. The molecule has 0 radical (unpaired) electrons. The molecule has 92 valence electrons. The van der Waals surface area contributed by atoms with Crippen molar-refractivity contribution in [2.24, 2.45) is 0 Å². The molecule has 0 amide bonds. The highest BCUT2D eigenvalue weighted by Gasteiger charge is 2.37. The fourth-order valence-corrected chi connectivity index (χ4v) is 3.84. The van der Waals surface area contributed by atoms with Crippen molar-refractivity contribution in [1.29, 1.82) is 0 Å². The molecular formula is C15H19BrO. The molecule has 0 unspecified atom stereocenters. The molecule has 0 saturated heterocycles. The van der Waals surface area contributed by atoms with Crippen LogP contribution in [0.2, 0.25) is 0 Å². The maximum Gasteiger partial charge on any atom is 0.164 e. The van der Waals surface area contributed by atoms with Crippen LogP contribution in [0.5, 0.6) is 0 Å². The molecule has 1 aromatic carbocycles. The Hall–Kier alpha value is -0.630. The summed E-state index contributed by atoms with van der Waals surface area (Å²) in [6.45, 7) is 6.57. The van der Waals surface area contributed by atoms with E-state index in [1.807, 2.05) is 0 Å². The lowest BCUT2D eigenvalue weighted by molar-refractivity contribution is 0.0947. The number of hydrogen-bond acceptors (Lipinski definition) is 1. The number of hydrogen-bond donors (Lipinski definition) is 0. The maximum atomic E-state index is 12.1. The summed E-state index contributed by atoms with van der Waals surface area (Å²) in [4.78, 5) is 12.1. The van der Waals surface area contributed by atoms with E-state index < -0.39 is 0 Å². The van der Waals surface area contributed by atoms with Gasteiger partial charge < -0.3 is 0 Å². The molecule has 2 rings (SSSR count). The second kappa shape index (κ2) is 4.56. The van der Waals surface area contributed by atoms with Crippen molar-refractivity contribution < 1.29 is 4.79 Å². The molecule has 0 N–H and O–H groups in total. The summed E-state index contributed by atoms with van der Waals surface area (Å²) in [7, 11) is 0. The number of ketones is 1. The predicted molar refractivity (Wildman–Crippen MR) is 74.7 cm³/mol. The SMILES string of the molecule is CCC1(CC)CCC(=O)c2c(Br)cc(C)cc21. The summed E-state index contributed by atoms with van der Waals surface area (Å²) >= 11 is 3.56. The molecule has 1 aliphatic rings. The van der Waals surface area contributed by atoms with E-state index in [1.165, 1.54) is 11.1 Å². The minimum absolute atomic E-state index is 0.206. The van der Waals surface area contributed by atoms with E-state index >= 15 is 0 Å². The molecule has 1 aliphatic carbocycles. The second-order valence-corrected chi connectivity index (χ2v) is 5.93. The van der Waals surface area contributed by atoms with Gasteiger partial charge in [-0.05, 0) is 48.8 Å². The van der Waals surface area contributed by atoms with Gasteiger partial charge in [-0.25, -0.2) is 0 Å². The number of rotatable bonds is 2. The van der Waals surface area contributed by atoms with Gasteiger partial charge in [0.05, 0.1) is 0 Å². The fourth-order valence-electron chi connectivity index (χ4n) is 3.04. The lowest BCUT2D eigenvalue weighted by Crippen LogP contribution is -2.32. The van der Waals surface area contributed by atoms with Gasteiger partial charge in [0.15, 0.2) is 5.78 Å². The first-order valence-electron chi connectivity index (χ1n) is 6.38. The lowest BCUT2D eigenvalue weighted by Gasteiger charge is -2.38. The van der Waals surface area contributed by atoms with Crippen molar-refractivity contribution in [3.05, 3.63) is 33.3 Å². The minimum atomic E-state index is 0.206. The molecule has 2 heteroatoms. The van der Waals surface area contributed by atoms with Crippen LogP contribution in [0, 0.1) is 6.92 Å². The Balaban J connectivity index is 2.71. The minimum Gasteiger partial charge on any atom is -0.294 e. The maximum absolute atomic E-state index is 12.1. The topological polar surface area (TPSA) is 17.1 Å². The molecule has 0 fully saturated rings. The van der Waals surface area contributed by atoms with Crippen molar-refractivity contribution in [2.75, 3.05) is 0 Å². The molecule has 0 bridgehead atoms. The Morgan fingerprint density at radius 3 is 2.53 bits per heavy atom. The van der Waals surface area contributed by atoms with E-state index in [0.717, 1.165) is 29.3 Å². The standard InChI is InChI=1S/C15H19BrO/c1-4-15(5-2)7-6-13(17)14-11(15)8-10(3)9-12(14)16/h8-9H,4-7H2,1-3H3. The van der Waals surface area contributed by atoms with Crippen molar-refractivity contribution in [1.82, 2.24) is 0 Å². The number of benzene rings is 1. The number of Topliss-reactive ketones (excluding diaryl/α,β-unsaturated/α-hetero) is 1. The molecule has 1 nitrogen and oxygen atoms in total. The van der Waals surface area contributed by atoms with Gasteiger partial charge in [-0.2, -0.15) is 0 Å². The Morgan fingerprint density at radius 1 is 1.29 bits per heavy atom. The molecule has 0 aromatic heterocycles. The van der Waals surface area contributed by atoms with Crippen LogP contribution in [0.1, 0.15) is 61.0 Å². The van der Waals surface area contributed by atoms with E-state index in [4.69, 9.17) is 0 Å². The first-order chi connectivity index (χ1) is 8.04. The summed E-state index contributed by atoms with van der Waals surface area (Å²) < 4.78 is 0.975. The average molecular weight is 295 g/mol. The highest BCUT2D eigenvalue weighted by molar-refractivity contribution is 9.10. The van der Waals surface area contributed by atoms with Crippen LogP contribution in [0.25, 0.3) is 0 Å². The van der Waals surface area contributed by atoms with Gasteiger partial charge >= 0.3 is 0 Å². The molecule has 0 spiro atoms. The first-order valence-corrected chi connectivity index (χ1v) is 7.17. The molecule has 17 heavy (non-hydrogen) atoms. The van der Waals surface area contributed by atoms with Crippen LogP contribution in [-0.2, 0) is 5.41 Å². The van der Waals surface area contributed by atoms with Crippen LogP contribution in [-0.4, -0.2) is 5.78 Å². The van der Waals surface area contributed by atoms with Crippen LogP contribution in [0.4, 0.5) is 0 Å². The van der Waals surface area contributed by atoms with Crippen molar-refractivity contribution >= 4 is 21.7 Å². The average Bonchev–Trinajstić information content (AvgIpc) is 2.29. The summed E-state index contributed by atoms with van der Waals surface area (Å²) in [5.74, 6) is 0.296. The molecule has 0 aliphatic heterocycles. The van der Waals surface area contributed by atoms with Gasteiger partial charge in [0.2, 0.25) is 0 Å². The van der Waals surface area contributed by atoms with Gasteiger partial charge in [-0.15, -0.1) is 0 Å². The number of halogens is 1. The molecule has 0 heterocycles. The fraction of sp³-hybridized carbons (Fsp3) is 0.533. The van der Waals surface area contributed by atoms with Gasteiger partial charge in [0, 0.05) is 16.5 Å². The Morgan fingerprint density at radius 2 is 1.94 bits per heavy atom. The van der Waals surface area contributed by atoms with Crippen LogP contribution in [0.3, 0.4) is 0 Å². The number of aryl methyl sites for hydroxylation is 1. The van der Waals surface area contributed by atoms with Crippen molar-refractivity contribution in [2.45, 2.75) is 51.9 Å². The predicted octanol–water partition coefficient (Wildman–Crippen LogP) is 4.79. The van der Waals surface area contributed by atoms with Gasteiger partial charge in [-0.3, -0.25) is 4.79 Å². The highest BCUT2D eigenvalue weighted by Crippen LogP contribution is 2.44. The summed E-state index contributed by atoms with van der Waals surface area (Å²) in [6.07, 6.45) is 3.91. The zero-order valence-corrected chi connectivity index (χ0v) is 12.4. The van der Waals surface area contributed by atoms with E-state index in [0.29, 0.717) is 12.2 Å². The molecule has 0 atom stereocenters. The Kier molecular flexibility index (Phi) is 3.44. The lowest BCUT2D eigenvalue weighted by atomic mass is 9.66. The third-order valence-electron chi connectivity index (χ3n) is 4.27. The van der Waals surface area contributed by atoms with E-state index in [1.54, 1.807) is 0 Å². The van der Waals surface area contributed by atoms with Crippen molar-refractivity contribution in [3.8, 4) is 0 Å². The monoisotopic (exact) mass is 294 g/mol. The smallest absolute Gasteiger partial charge is 0.164 e. The second-order valence-electron chi connectivity index (χ2n) is 5.08. The summed E-state index contributed by atoms with van der Waals surface area (Å²) in [5, 5.41) is 0. The number of carbonyl (C=O) groups is 1. The third-order valence-corrected chi connectivity index (χ3v) is 4.89. The molecule has 1 aromatic rings. The molecule has 0 saturated carbocycles. The highest BCUT2D eigenvalue weighted by atomic mass is 79.9. The third kappa shape index (κ3) is 1.97. The van der Waals surface area contributed by atoms with E-state index in [9.17, 15) is 4.79 Å². The summed E-state index contributed by atoms with van der Waals surface area (Å²) in [6, 6.07) is 4.27. The number of carbonyl (C=O) groups excluding carboxylic acids is 1. The van der Waals surface area contributed by atoms with Gasteiger partial charge in [0.25, 0.3) is 0 Å². The Bertz CT molecular complexity index is 458. The Labute approximate surface area is 112 Å². The zero-order valence-electron chi connectivity index (χ0n) is 10.8. The van der Waals surface area contributed by atoms with E-state index in [-0.39, 0.29) is 5.41 Å². The van der Waals surface area contributed by atoms with E-state index in [2.05, 4.69) is 48.8 Å².